The SMILES string of the molecule is Oc1ccc(Cl)cc1CNc1ccc(-n2cncn2)cc1. The van der Waals surface area contributed by atoms with E-state index in [2.05, 4.69) is 15.4 Å². The van der Waals surface area contributed by atoms with Crippen LogP contribution in [0, 0.1) is 0 Å². The van der Waals surface area contributed by atoms with Crippen molar-refractivity contribution in [3.8, 4) is 11.4 Å². The predicted molar refractivity (Wildman–Crippen MR) is 81.8 cm³/mol. The Morgan fingerprint density at radius 1 is 1.14 bits per heavy atom. The lowest BCUT2D eigenvalue weighted by atomic mass is 10.2. The summed E-state index contributed by atoms with van der Waals surface area (Å²) in [6.45, 7) is 0.495. The van der Waals surface area contributed by atoms with Crippen LogP contribution >= 0.6 is 11.6 Å². The maximum absolute atomic E-state index is 9.76. The number of hydrogen-bond donors (Lipinski definition) is 2. The molecule has 0 saturated heterocycles. The van der Waals surface area contributed by atoms with Gasteiger partial charge in [0.05, 0.1) is 5.69 Å². The van der Waals surface area contributed by atoms with Crippen LogP contribution in [0.2, 0.25) is 5.02 Å². The van der Waals surface area contributed by atoms with Crippen LogP contribution in [0.25, 0.3) is 5.69 Å². The van der Waals surface area contributed by atoms with E-state index in [1.807, 2.05) is 24.3 Å². The molecule has 0 atom stereocenters. The second kappa shape index (κ2) is 5.85. The highest BCUT2D eigenvalue weighted by Gasteiger charge is 2.02. The van der Waals surface area contributed by atoms with Gasteiger partial charge in [0.1, 0.15) is 18.4 Å². The maximum Gasteiger partial charge on any atom is 0.138 e. The van der Waals surface area contributed by atoms with E-state index in [0.29, 0.717) is 11.6 Å². The molecule has 0 spiro atoms. The van der Waals surface area contributed by atoms with E-state index >= 15 is 0 Å². The fourth-order valence-electron chi connectivity index (χ4n) is 1.97. The zero-order chi connectivity index (χ0) is 14.7. The lowest BCUT2D eigenvalue weighted by Gasteiger charge is -2.09. The lowest BCUT2D eigenvalue weighted by Crippen LogP contribution is -2.00. The van der Waals surface area contributed by atoms with E-state index < -0.39 is 0 Å². The largest absolute Gasteiger partial charge is 0.508 e. The van der Waals surface area contributed by atoms with Crippen LogP contribution in [0.3, 0.4) is 0 Å². The Labute approximate surface area is 126 Å². The zero-order valence-corrected chi connectivity index (χ0v) is 11.8. The van der Waals surface area contributed by atoms with Crippen LogP contribution < -0.4 is 5.32 Å². The molecule has 1 aromatic heterocycles. The van der Waals surface area contributed by atoms with Crippen molar-refractivity contribution >= 4 is 17.3 Å². The summed E-state index contributed by atoms with van der Waals surface area (Å²) >= 11 is 5.92. The van der Waals surface area contributed by atoms with Crippen molar-refractivity contribution in [3.63, 3.8) is 0 Å². The molecule has 6 heteroatoms. The Bertz CT molecular complexity index is 726. The van der Waals surface area contributed by atoms with Gasteiger partial charge in [0.2, 0.25) is 0 Å². The first-order chi connectivity index (χ1) is 10.2. The minimum Gasteiger partial charge on any atom is -0.508 e. The van der Waals surface area contributed by atoms with Gasteiger partial charge in [0.25, 0.3) is 0 Å². The molecule has 0 saturated carbocycles. The summed E-state index contributed by atoms with van der Waals surface area (Å²) in [5, 5.41) is 17.7. The van der Waals surface area contributed by atoms with Gasteiger partial charge in [-0.1, -0.05) is 11.6 Å². The van der Waals surface area contributed by atoms with Crippen LogP contribution in [0.5, 0.6) is 5.75 Å². The van der Waals surface area contributed by atoms with Crippen LogP contribution in [0.1, 0.15) is 5.56 Å². The van der Waals surface area contributed by atoms with Crippen molar-refractivity contribution < 1.29 is 5.11 Å². The Morgan fingerprint density at radius 2 is 1.95 bits per heavy atom. The molecule has 0 aliphatic heterocycles. The average Bonchev–Trinajstić information content (AvgIpc) is 3.03. The van der Waals surface area contributed by atoms with Crippen LogP contribution in [-0.4, -0.2) is 19.9 Å². The van der Waals surface area contributed by atoms with Crippen molar-refractivity contribution in [1.82, 2.24) is 14.8 Å². The van der Waals surface area contributed by atoms with Crippen LogP contribution in [0.4, 0.5) is 5.69 Å². The summed E-state index contributed by atoms with van der Waals surface area (Å²) in [6, 6.07) is 12.8. The molecule has 106 valence electrons. The molecule has 3 aromatic rings. The summed E-state index contributed by atoms with van der Waals surface area (Å²) in [5.41, 5.74) is 2.63. The summed E-state index contributed by atoms with van der Waals surface area (Å²) < 4.78 is 1.69. The van der Waals surface area contributed by atoms with Crippen molar-refractivity contribution in [3.05, 3.63) is 65.7 Å². The zero-order valence-electron chi connectivity index (χ0n) is 11.1. The molecule has 2 N–H and O–H groups in total. The summed E-state index contributed by atoms with van der Waals surface area (Å²) in [7, 11) is 0. The first-order valence-corrected chi connectivity index (χ1v) is 6.76. The molecule has 2 aromatic carbocycles. The monoisotopic (exact) mass is 300 g/mol. The second-order valence-electron chi connectivity index (χ2n) is 4.51. The summed E-state index contributed by atoms with van der Waals surface area (Å²) in [6.07, 6.45) is 3.14. The first kappa shape index (κ1) is 13.5. The number of halogens is 1. The molecular formula is C15H13ClN4O. The number of aromatic hydroxyl groups is 1. The Hall–Kier alpha value is -2.53. The highest BCUT2D eigenvalue weighted by atomic mass is 35.5. The van der Waals surface area contributed by atoms with Crippen molar-refractivity contribution in [2.45, 2.75) is 6.54 Å². The molecule has 5 nitrogen and oxygen atoms in total. The third kappa shape index (κ3) is 3.14. The number of hydrogen-bond acceptors (Lipinski definition) is 4. The smallest absolute Gasteiger partial charge is 0.138 e. The van der Waals surface area contributed by atoms with E-state index in [1.165, 1.54) is 6.33 Å². The Kier molecular flexibility index (Phi) is 3.75. The molecule has 0 aliphatic carbocycles. The average molecular weight is 301 g/mol. The van der Waals surface area contributed by atoms with E-state index in [4.69, 9.17) is 11.6 Å². The molecule has 3 rings (SSSR count). The normalized spacial score (nSPS) is 10.5. The molecule has 21 heavy (non-hydrogen) atoms. The molecule has 0 unspecified atom stereocenters. The Morgan fingerprint density at radius 3 is 2.67 bits per heavy atom. The van der Waals surface area contributed by atoms with Gasteiger partial charge in [0.15, 0.2) is 0 Å². The van der Waals surface area contributed by atoms with E-state index in [9.17, 15) is 5.11 Å². The third-order valence-corrected chi connectivity index (χ3v) is 3.31. The van der Waals surface area contributed by atoms with Crippen LogP contribution in [-0.2, 0) is 6.54 Å². The molecule has 0 fully saturated rings. The number of phenols is 1. The highest BCUT2D eigenvalue weighted by molar-refractivity contribution is 6.30. The standard InChI is InChI=1S/C15H13ClN4O/c16-12-1-6-15(21)11(7-12)8-18-13-2-4-14(5-3-13)20-10-17-9-19-20/h1-7,9-10,18,21H,8H2. The fourth-order valence-corrected chi connectivity index (χ4v) is 2.16. The quantitative estimate of drug-likeness (QED) is 0.776. The number of nitrogens with one attached hydrogen (secondary N) is 1. The highest BCUT2D eigenvalue weighted by Crippen LogP contribution is 2.22. The number of nitrogens with zero attached hydrogens (tertiary/aromatic N) is 3. The van der Waals surface area contributed by atoms with E-state index in [1.54, 1.807) is 29.2 Å². The van der Waals surface area contributed by atoms with E-state index in [-0.39, 0.29) is 5.75 Å². The number of aromatic nitrogens is 3. The van der Waals surface area contributed by atoms with Gasteiger partial charge in [0, 0.05) is 22.8 Å². The van der Waals surface area contributed by atoms with Gasteiger partial charge < -0.3 is 10.4 Å². The molecule has 0 aliphatic rings. The van der Waals surface area contributed by atoms with Crippen molar-refractivity contribution in [1.29, 1.82) is 0 Å². The lowest BCUT2D eigenvalue weighted by molar-refractivity contribution is 0.469. The van der Waals surface area contributed by atoms with Gasteiger partial charge in [-0.3, -0.25) is 0 Å². The van der Waals surface area contributed by atoms with Crippen molar-refractivity contribution in [2.75, 3.05) is 5.32 Å². The van der Waals surface area contributed by atoms with Gasteiger partial charge >= 0.3 is 0 Å². The van der Waals surface area contributed by atoms with Crippen molar-refractivity contribution in [2.24, 2.45) is 0 Å². The molecular weight excluding hydrogens is 288 g/mol. The van der Waals surface area contributed by atoms with Gasteiger partial charge in [-0.25, -0.2) is 9.67 Å². The molecule has 0 amide bonds. The number of anilines is 1. The van der Waals surface area contributed by atoms with Gasteiger partial charge in [-0.15, -0.1) is 0 Å². The number of phenolic OH excluding ortho intramolecular Hbond substituents is 1. The molecule has 0 radical (unpaired) electrons. The fraction of sp³-hybridized carbons (Fsp3) is 0.0667. The minimum atomic E-state index is 0.228. The van der Waals surface area contributed by atoms with Gasteiger partial charge in [-0.2, -0.15) is 5.10 Å². The third-order valence-electron chi connectivity index (χ3n) is 3.08. The minimum absolute atomic E-state index is 0.228. The predicted octanol–water partition coefficient (Wildman–Crippen LogP) is 3.24. The number of rotatable bonds is 4. The van der Waals surface area contributed by atoms with Crippen LogP contribution in [0.15, 0.2) is 55.1 Å². The Balaban J connectivity index is 1.70. The first-order valence-electron chi connectivity index (χ1n) is 6.39. The molecule has 0 bridgehead atoms. The second-order valence-corrected chi connectivity index (χ2v) is 4.95. The summed E-state index contributed by atoms with van der Waals surface area (Å²) in [5.74, 6) is 0.228. The van der Waals surface area contributed by atoms with Gasteiger partial charge in [-0.05, 0) is 42.5 Å². The summed E-state index contributed by atoms with van der Waals surface area (Å²) in [4.78, 5) is 3.91. The number of benzene rings is 2. The topological polar surface area (TPSA) is 63.0 Å². The molecule has 1 heterocycles. The van der Waals surface area contributed by atoms with E-state index in [0.717, 1.165) is 16.9 Å². The maximum atomic E-state index is 9.76.